The van der Waals surface area contributed by atoms with Gasteiger partial charge in [0, 0.05) is 24.2 Å². The molecular formula is C24H32ClN3O5S. The molecule has 1 aromatic heterocycles. The Balaban J connectivity index is 1.98. The van der Waals surface area contributed by atoms with Gasteiger partial charge in [-0.2, -0.15) is 0 Å². The fraction of sp³-hybridized carbons (Fsp3) is 0.500. The third kappa shape index (κ3) is 6.13. The van der Waals surface area contributed by atoms with Crippen molar-refractivity contribution in [3.05, 3.63) is 53.2 Å². The molecule has 0 aliphatic carbocycles. The van der Waals surface area contributed by atoms with Crippen LogP contribution in [0, 0.1) is 0 Å². The van der Waals surface area contributed by atoms with Gasteiger partial charge < -0.3 is 14.4 Å². The van der Waals surface area contributed by atoms with E-state index in [0.29, 0.717) is 42.5 Å². The molecule has 2 aromatic rings. The molecule has 0 bridgehead atoms. The van der Waals surface area contributed by atoms with E-state index in [-0.39, 0.29) is 6.10 Å². The second-order valence-electron chi connectivity index (χ2n) is 9.58. The Labute approximate surface area is 207 Å². The van der Waals surface area contributed by atoms with Crippen LogP contribution in [0.25, 0.3) is 0 Å². The second kappa shape index (κ2) is 10.4. The van der Waals surface area contributed by atoms with E-state index in [1.54, 1.807) is 29.2 Å². The van der Waals surface area contributed by atoms with Gasteiger partial charge in [0.05, 0.1) is 23.5 Å². The highest BCUT2D eigenvalue weighted by atomic mass is 35.5. The van der Waals surface area contributed by atoms with Crippen LogP contribution >= 0.6 is 11.6 Å². The number of benzene rings is 1. The van der Waals surface area contributed by atoms with E-state index in [4.69, 9.17) is 21.1 Å². The van der Waals surface area contributed by atoms with E-state index in [2.05, 4.69) is 4.98 Å². The summed E-state index contributed by atoms with van der Waals surface area (Å²) in [4.78, 5) is 18.6. The molecule has 1 fully saturated rings. The maximum atomic E-state index is 12.7. The number of hydrogen-bond donors (Lipinski definition) is 1. The smallest absolute Gasteiger partial charge is 0.410 e. The van der Waals surface area contributed by atoms with Crippen molar-refractivity contribution < 1.29 is 22.7 Å². The number of thiol groups is 1. The molecule has 8 nitrogen and oxygen atoms in total. The molecule has 10 heteroatoms. The van der Waals surface area contributed by atoms with E-state index >= 15 is 0 Å². The third-order valence-electron chi connectivity index (χ3n) is 5.51. The van der Waals surface area contributed by atoms with E-state index in [9.17, 15) is 13.2 Å². The van der Waals surface area contributed by atoms with Crippen LogP contribution in [0.4, 0.5) is 10.5 Å². The Hall–Kier alpha value is -2.52. The summed E-state index contributed by atoms with van der Waals surface area (Å²) in [5, 5.41) is 0.556. The minimum absolute atomic E-state index is 0.0526. The van der Waals surface area contributed by atoms with Gasteiger partial charge in [-0.25, -0.2) is 18.2 Å². The number of anilines is 1. The van der Waals surface area contributed by atoms with Crippen molar-refractivity contribution in [1.29, 1.82) is 0 Å². The maximum absolute atomic E-state index is 12.7. The molecule has 3 rings (SSSR count). The zero-order chi connectivity index (χ0) is 25.1. The van der Waals surface area contributed by atoms with Gasteiger partial charge in [0.15, 0.2) is 0 Å². The van der Waals surface area contributed by atoms with Gasteiger partial charge in [-0.3, -0.25) is 4.31 Å². The van der Waals surface area contributed by atoms with Crippen molar-refractivity contribution >= 4 is 34.3 Å². The molecule has 1 aliphatic rings. The first kappa shape index (κ1) is 26.1. The number of halogens is 1. The summed E-state index contributed by atoms with van der Waals surface area (Å²) in [7, 11) is -3.04. The summed E-state index contributed by atoms with van der Waals surface area (Å²) in [6.45, 7) is 9.90. The first-order chi connectivity index (χ1) is 15.9. The van der Waals surface area contributed by atoms with Gasteiger partial charge in [0.1, 0.15) is 5.60 Å². The fourth-order valence-corrected chi connectivity index (χ4v) is 5.14. The average molecular weight is 510 g/mol. The predicted molar refractivity (Wildman–Crippen MR) is 133 cm³/mol. The van der Waals surface area contributed by atoms with E-state index in [0.717, 1.165) is 5.56 Å². The monoisotopic (exact) mass is 509 g/mol. The van der Waals surface area contributed by atoms with Crippen molar-refractivity contribution in [2.75, 3.05) is 17.4 Å². The Bertz CT molecular complexity index is 1050. The van der Waals surface area contributed by atoms with Crippen LogP contribution in [0.1, 0.15) is 53.0 Å². The SMILES string of the molecule is CC(C)Oc1ccc(N([SH](=O)=O)C2(c3ccc(Cl)cc3)CCN(C(=O)OC(C)(C)C)CC2)cn1. The first-order valence-electron chi connectivity index (χ1n) is 11.2. The molecule has 0 N–H and O–H groups in total. The molecule has 1 aromatic carbocycles. The molecule has 0 unspecified atom stereocenters. The number of carbonyl (C=O) groups excluding carboxylic acids is 1. The number of pyridine rings is 1. The van der Waals surface area contributed by atoms with Crippen LogP contribution in [0.15, 0.2) is 42.6 Å². The zero-order valence-electron chi connectivity index (χ0n) is 20.2. The van der Waals surface area contributed by atoms with Crippen molar-refractivity contribution in [2.24, 2.45) is 0 Å². The number of likely N-dealkylation sites (tertiary alicyclic amines) is 1. The standard InChI is InChI=1S/C24H32ClN3O5S/c1-17(2)32-21-11-10-20(16-26-21)28(34(30)31)24(18-6-8-19(25)9-7-18)12-14-27(15-13-24)22(29)33-23(3,4)5/h6-11,16-17,34H,12-15H2,1-5H3. The largest absolute Gasteiger partial charge is 0.475 e. The van der Waals surface area contributed by atoms with Crippen molar-refractivity contribution in [3.8, 4) is 5.88 Å². The molecule has 0 atom stereocenters. The van der Waals surface area contributed by atoms with Gasteiger partial charge in [0.2, 0.25) is 16.8 Å². The van der Waals surface area contributed by atoms with Crippen LogP contribution < -0.4 is 9.04 Å². The number of nitrogens with zero attached hydrogens (tertiary/aromatic N) is 3. The predicted octanol–water partition coefficient (Wildman–Crippen LogP) is 4.78. The first-order valence-corrected chi connectivity index (χ1v) is 12.7. The molecule has 2 heterocycles. The highest BCUT2D eigenvalue weighted by Crippen LogP contribution is 2.42. The topological polar surface area (TPSA) is 89.0 Å². The minimum Gasteiger partial charge on any atom is -0.475 e. The van der Waals surface area contributed by atoms with Crippen LogP contribution in [-0.2, 0) is 21.2 Å². The van der Waals surface area contributed by atoms with Gasteiger partial charge in [-0.15, -0.1) is 0 Å². The van der Waals surface area contributed by atoms with Gasteiger partial charge >= 0.3 is 6.09 Å². The molecule has 0 saturated carbocycles. The Morgan fingerprint density at radius 1 is 1.12 bits per heavy atom. The average Bonchev–Trinajstić information content (AvgIpc) is 2.74. The van der Waals surface area contributed by atoms with Crippen molar-refractivity contribution in [1.82, 2.24) is 9.88 Å². The Morgan fingerprint density at radius 2 is 1.74 bits per heavy atom. The second-order valence-corrected chi connectivity index (χ2v) is 10.9. The van der Waals surface area contributed by atoms with Crippen LogP contribution in [0.3, 0.4) is 0 Å². The highest BCUT2D eigenvalue weighted by Gasteiger charge is 2.45. The van der Waals surface area contributed by atoms with E-state index in [1.165, 1.54) is 10.5 Å². The summed E-state index contributed by atoms with van der Waals surface area (Å²) < 4.78 is 37.9. The molecule has 0 spiro atoms. The fourth-order valence-electron chi connectivity index (χ4n) is 4.08. The molecular weight excluding hydrogens is 478 g/mol. The molecule has 1 saturated heterocycles. The van der Waals surface area contributed by atoms with Gasteiger partial charge in [-0.05, 0) is 71.2 Å². The van der Waals surface area contributed by atoms with Crippen LogP contribution in [0.2, 0.25) is 5.02 Å². The van der Waals surface area contributed by atoms with Crippen LogP contribution in [0.5, 0.6) is 5.88 Å². The zero-order valence-corrected chi connectivity index (χ0v) is 21.8. The molecule has 186 valence electrons. The number of aromatic nitrogens is 1. The number of piperidine rings is 1. The maximum Gasteiger partial charge on any atom is 0.410 e. The van der Waals surface area contributed by atoms with Crippen LogP contribution in [-0.4, -0.2) is 49.2 Å². The lowest BCUT2D eigenvalue weighted by Gasteiger charge is -2.47. The molecule has 0 radical (unpaired) electrons. The summed E-state index contributed by atoms with van der Waals surface area (Å²) in [6.07, 6.45) is 1.79. The number of amides is 1. The summed E-state index contributed by atoms with van der Waals surface area (Å²) >= 11 is 6.11. The molecule has 34 heavy (non-hydrogen) atoms. The molecule has 1 aliphatic heterocycles. The number of carbonyl (C=O) groups is 1. The summed E-state index contributed by atoms with van der Waals surface area (Å²) in [6, 6.07) is 10.5. The number of rotatable bonds is 6. The lowest BCUT2D eigenvalue weighted by molar-refractivity contribution is 0.0169. The minimum atomic E-state index is -3.04. The van der Waals surface area contributed by atoms with E-state index < -0.39 is 28.1 Å². The molecule has 1 amide bonds. The van der Waals surface area contributed by atoms with E-state index in [1.807, 2.05) is 46.8 Å². The lowest BCUT2D eigenvalue weighted by Crippen LogP contribution is -2.54. The van der Waals surface area contributed by atoms with Crippen molar-refractivity contribution in [3.63, 3.8) is 0 Å². The normalized spacial score (nSPS) is 15.9. The van der Waals surface area contributed by atoms with Crippen molar-refractivity contribution in [2.45, 2.75) is 64.7 Å². The third-order valence-corrected chi connectivity index (χ3v) is 6.71. The summed E-state index contributed by atoms with van der Waals surface area (Å²) in [5.41, 5.74) is -0.312. The number of ether oxygens (including phenoxy) is 2. The quantitative estimate of drug-likeness (QED) is 0.563. The van der Waals surface area contributed by atoms with Gasteiger partial charge in [0.25, 0.3) is 0 Å². The highest BCUT2D eigenvalue weighted by molar-refractivity contribution is 7.74. The lowest BCUT2D eigenvalue weighted by atomic mass is 9.80. The van der Waals surface area contributed by atoms with Gasteiger partial charge in [-0.1, -0.05) is 23.7 Å². The Morgan fingerprint density at radius 3 is 2.21 bits per heavy atom. The number of hydrogen-bond acceptors (Lipinski definition) is 6. The Kier molecular flexibility index (Phi) is 7.98. The summed E-state index contributed by atoms with van der Waals surface area (Å²) in [5.74, 6) is 0.417.